The number of aromatic nitrogens is 2. The molecule has 5 heteroatoms. The summed E-state index contributed by atoms with van der Waals surface area (Å²) < 4.78 is 0. The second-order valence-corrected chi connectivity index (χ2v) is 4.64. The summed E-state index contributed by atoms with van der Waals surface area (Å²) in [5.74, 6) is 1.27. The van der Waals surface area contributed by atoms with Crippen LogP contribution in [0.15, 0.2) is 42.7 Å². The third kappa shape index (κ3) is 3.37. The molecule has 1 heterocycles. The number of carbonyl (C=O) groups excluding carboxylic acids is 1. The molecule has 1 aromatic carbocycles. The van der Waals surface area contributed by atoms with Crippen molar-refractivity contribution in [1.82, 2.24) is 9.97 Å². The Labute approximate surface area is 125 Å². The van der Waals surface area contributed by atoms with Crippen molar-refractivity contribution in [2.75, 3.05) is 29.9 Å². The highest BCUT2D eigenvalue weighted by Crippen LogP contribution is 2.15. The standard InChI is InChI=1S/C16H20N4O/c1-4-20(5-2)15-12-17-14(11-18-15)19(3)16(21)13-9-7-6-8-10-13/h6-12H,4-5H2,1-3H3. The molecule has 2 rings (SSSR count). The zero-order valence-corrected chi connectivity index (χ0v) is 12.7. The molecule has 1 aromatic heterocycles. The van der Waals surface area contributed by atoms with Crippen LogP contribution in [-0.2, 0) is 0 Å². The average molecular weight is 284 g/mol. The number of amides is 1. The molecule has 0 saturated heterocycles. The van der Waals surface area contributed by atoms with Gasteiger partial charge in [0.2, 0.25) is 0 Å². The van der Waals surface area contributed by atoms with Crippen LogP contribution in [0.4, 0.5) is 11.6 Å². The molecule has 21 heavy (non-hydrogen) atoms. The summed E-state index contributed by atoms with van der Waals surface area (Å²) in [5, 5.41) is 0. The van der Waals surface area contributed by atoms with Gasteiger partial charge in [0.1, 0.15) is 5.82 Å². The first kappa shape index (κ1) is 15.0. The Balaban J connectivity index is 2.17. The molecular weight excluding hydrogens is 264 g/mol. The van der Waals surface area contributed by atoms with Crippen LogP contribution in [0.2, 0.25) is 0 Å². The van der Waals surface area contributed by atoms with E-state index >= 15 is 0 Å². The number of nitrogens with zero attached hydrogens (tertiary/aromatic N) is 4. The van der Waals surface area contributed by atoms with Gasteiger partial charge in [-0.2, -0.15) is 0 Å². The molecule has 0 aliphatic rings. The fourth-order valence-corrected chi connectivity index (χ4v) is 2.08. The molecule has 0 spiro atoms. The van der Waals surface area contributed by atoms with Crippen LogP contribution < -0.4 is 9.80 Å². The van der Waals surface area contributed by atoms with Crippen LogP contribution in [0, 0.1) is 0 Å². The summed E-state index contributed by atoms with van der Waals surface area (Å²) >= 11 is 0. The van der Waals surface area contributed by atoms with Crippen LogP contribution in [0.3, 0.4) is 0 Å². The highest BCUT2D eigenvalue weighted by atomic mass is 16.2. The van der Waals surface area contributed by atoms with Gasteiger partial charge in [0.25, 0.3) is 5.91 Å². The lowest BCUT2D eigenvalue weighted by atomic mass is 10.2. The second-order valence-electron chi connectivity index (χ2n) is 4.64. The zero-order valence-electron chi connectivity index (χ0n) is 12.7. The fourth-order valence-electron chi connectivity index (χ4n) is 2.08. The van der Waals surface area contributed by atoms with E-state index in [9.17, 15) is 4.79 Å². The largest absolute Gasteiger partial charge is 0.356 e. The van der Waals surface area contributed by atoms with Gasteiger partial charge in [0.15, 0.2) is 5.82 Å². The van der Waals surface area contributed by atoms with E-state index < -0.39 is 0 Å². The van der Waals surface area contributed by atoms with Crippen LogP contribution in [0.1, 0.15) is 24.2 Å². The maximum Gasteiger partial charge on any atom is 0.259 e. The molecule has 0 unspecified atom stereocenters. The molecule has 0 aliphatic heterocycles. The third-order valence-corrected chi connectivity index (χ3v) is 3.38. The van der Waals surface area contributed by atoms with Crippen molar-refractivity contribution >= 4 is 17.5 Å². The first-order valence-corrected chi connectivity index (χ1v) is 7.07. The van der Waals surface area contributed by atoms with Gasteiger partial charge in [-0.3, -0.25) is 9.69 Å². The second kappa shape index (κ2) is 6.83. The molecule has 0 N–H and O–H groups in total. The van der Waals surface area contributed by atoms with Gasteiger partial charge in [-0.05, 0) is 26.0 Å². The molecule has 0 fully saturated rings. The van der Waals surface area contributed by atoms with Gasteiger partial charge in [-0.25, -0.2) is 9.97 Å². The Morgan fingerprint density at radius 2 is 1.57 bits per heavy atom. The van der Waals surface area contributed by atoms with E-state index in [0.29, 0.717) is 11.4 Å². The first-order chi connectivity index (χ1) is 10.2. The normalized spacial score (nSPS) is 10.2. The quantitative estimate of drug-likeness (QED) is 0.847. The van der Waals surface area contributed by atoms with E-state index in [4.69, 9.17) is 0 Å². The molecule has 0 atom stereocenters. The Hall–Kier alpha value is -2.43. The van der Waals surface area contributed by atoms with Gasteiger partial charge in [0.05, 0.1) is 12.4 Å². The summed E-state index contributed by atoms with van der Waals surface area (Å²) in [4.78, 5) is 24.7. The minimum absolute atomic E-state index is 0.0968. The SMILES string of the molecule is CCN(CC)c1cnc(N(C)C(=O)c2ccccc2)cn1. The van der Waals surface area contributed by atoms with E-state index in [-0.39, 0.29) is 5.91 Å². The summed E-state index contributed by atoms with van der Waals surface area (Å²) in [6.45, 7) is 5.90. The molecule has 5 nitrogen and oxygen atoms in total. The van der Waals surface area contributed by atoms with E-state index in [1.54, 1.807) is 31.6 Å². The van der Waals surface area contributed by atoms with Crippen molar-refractivity contribution in [2.45, 2.75) is 13.8 Å². The van der Waals surface area contributed by atoms with Crippen molar-refractivity contribution in [3.63, 3.8) is 0 Å². The minimum atomic E-state index is -0.0968. The van der Waals surface area contributed by atoms with Gasteiger partial charge in [0, 0.05) is 25.7 Å². The van der Waals surface area contributed by atoms with E-state index in [2.05, 4.69) is 28.7 Å². The molecule has 0 saturated carbocycles. The molecule has 2 aromatic rings. The van der Waals surface area contributed by atoms with Crippen molar-refractivity contribution in [3.8, 4) is 0 Å². The highest BCUT2D eigenvalue weighted by molar-refractivity contribution is 6.05. The van der Waals surface area contributed by atoms with Gasteiger partial charge < -0.3 is 4.90 Å². The Bertz CT molecular complexity index is 579. The summed E-state index contributed by atoms with van der Waals surface area (Å²) in [6.07, 6.45) is 3.34. The van der Waals surface area contributed by atoms with Crippen LogP contribution in [0.5, 0.6) is 0 Å². The molecule has 0 bridgehead atoms. The van der Waals surface area contributed by atoms with Crippen LogP contribution in [-0.4, -0.2) is 36.0 Å². The smallest absolute Gasteiger partial charge is 0.259 e. The topological polar surface area (TPSA) is 49.3 Å². The Morgan fingerprint density at radius 3 is 2.10 bits per heavy atom. The lowest BCUT2D eigenvalue weighted by Gasteiger charge is -2.21. The molecule has 0 radical (unpaired) electrons. The Kier molecular flexibility index (Phi) is 4.87. The monoisotopic (exact) mass is 284 g/mol. The lowest BCUT2D eigenvalue weighted by Crippen LogP contribution is -2.28. The van der Waals surface area contributed by atoms with E-state index in [1.165, 1.54) is 4.90 Å². The fraction of sp³-hybridized carbons (Fsp3) is 0.312. The average Bonchev–Trinajstić information content (AvgIpc) is 2.56. The lowest BCUT2D eigenvalue weighted by molar-refractivity contribution is 0.0992. The number of hydrogen-bond acceptors (Lipinski definition) is 4. The number of benzene rings is 1. The number of anilines is 2. The summed E-state index contributed by atoms with van der Waals surface area (Å²) in [6, 6.07) is 9.15. The van der Waals surface area contributed by atoms with Gasteiger partial charge in [-0.15, -0.1) is 0 Å². The maximum absolute atomic E-state index is 12.3. The van der Waals surface area contributed by atoms with E-state index in [0.717, 1.165) is 18.9 Å². The van der Waals surface area contributed by atoms with Crippen molar-refractivity contribution in [1.29, 1.82) is 0 Å². The minimum Gasteiger partial charge on any atom is -0.356 e. The van der Waals surface area contributed by atoms with Crippen molar-refractivity contribution < 1.29 is 4.79 Å². The predicted octanol–water partition coefficient (Wildman–Crippen LogP) is 2.60. The third-order valence-electron chi connectivity index (χ3n) is 3.38. The van der Waals surface area contributed by atoms with Gasteiger partial charge in [-0.1, -0.05) is 18.2 Å². The summed E-state index contributed by atoms with van der Waals surface area (Å²) in [7, 11) is 1.70. The number of rotatable bonds is 5. The predicted molar refractivity (Wildman–Crippen MR) is 84.8 cm³/mol. The maximum atomic E-state index is 12.3. The molecule has 1 amide bonds. The van der Waals surface area contributed by atoms with E-state index in [1.807, 2.05) is 18.2 Å². The van der Waals surface area contributed by atoms with Crippen molar-refractivity contribution in [2.24, 2.45) is 0 Å². The molecular formula is C16H20N4O. The first-order valence-electron chi connectivity index (χ1n) is 7.07. The van der Waals surface area contributed by atoms with Crippen molar-refractivity contribution in [3.05, 3.63) is 48.3 Å². The highest BCUT2D eigenvalue weighted by Gasteiger charge is 2.15. The zero-order chi connectivity index (χ0) is 15.2. The van der Waals surface area contributed by atoms with Crippen LogP contribution in [0.25, 0.3) is 0 Å². The number of carbonyl (C=O) groups is 1. The van der Waals surface area contributed by atoms with Crippen LogP contribution >= 0.6 is 0 Å². The summed E-state index contributed by atoms with van der Waals surface area (Å²) in [5.41, 5.74) is 0.634. The van der Waals surface area contributed by atoms with Gasteiger partial charge >= 0.3 is 0 Å². The Morgan fingerprint density at radius 1 is 1.00 bits per heavy atom. The number of hydrogen-bond donors (Lipinski definition) is 0. The molecule has 110 valence electrons. The molecule has 0 aliphatic carbocycles.